The minimum Gasteiger partial charge on any atom is -0.0620 e. The monoisotopic (exact) mass is 220 g/mol. The van der Waals surface area contributed by atoms with Gasteiger partial charge in [-0.3, -0.25) is 0 Å². The first-order chi connectivity index (χ1) is 14.3. The lowest BCUT2D eigenvalue weighted by atomic mass is 9.59. The summed E-state index contributed by atoms with van der Waals surface area (Å²) in [6.45, 7) is -17.8. The van der Waals surface area contributed by atoms with Gasteiger partial charge in [-0.2, -0.15) is 0 Å². The summed E-state index contributed by atoms with van der Waals surface area (Å²) in [5.74, 6) is 0. The Hall–Kier alpha value is -0.780. The molecule has 0 spiro atoms. The second kappa shape index (κ2) is 2.66. The van der Waals surface area contributed by atoms with Crippen LogP contribution in [0.4, 0.5) is 0 Å². The maximum atomic E-state index is 8.35. The smallest absolute Gasteiger partial charge is 0.0620 e. The quantitative estimate of drug-likeness (QED) is 0.612. The van der Waals surface area contributed by atoms with E-state index in [1.54, 1.807) is 0 Å². The van der Waals surface area contributed by atoms with Crippen LogP contribution in [0.3, 0.4) is 0 Å². The third-order valence-corrected chi connectivity index (χ3v) is 2.92. The van der Waals surface area contributed by atoms with Crippen molar-refractivity contribution in [3.63, 3.8) is 0 Å². The standard InChI is InChI=1S/C15H22/c1-13(2)11-9-7-8-10-12(11)14(3,4)15(13,5)6/h7-10H,1-6H3/i1D2,3D3,4D3,5D3,6D3,7D,8D,9D,10D. The highest BCUT2D eigenvalue weighted by Gasteiger charge is 2.56. The largest absolute Gasteiger partial charge is 0.0626 e. The third-order valence-electron chi connectivity index (χ3n) is 2.92. The van der Waals surface area contributed by atoms with Crippen molar-refractivity contribution < 1.29 is 24.7 Å². The van der Waals surface area contributed by atoms with Gasteiger partial charge in [0.1, 0.15) is 0 Å². The molecule has 0 heteroatoms. The Balaban J connectivity index is 3.66. The molecule has 1 unspecified atom stereocenters. The number of benzene rings is 1. The molecule has 1 aromatic rings. The van der Waals surface area contributed by atoms with Gasteiger partial charge in [-0.1, -0.05) is 65.4 Å². The van der Waals surface area contributed by atoms with Crippen molar-refractivity contribution in [2.75, 3.05) is 0 Å². The minimum absolute atomic E-state index is 0.717. The Morgan fingerprint density at radius 3 is 2.07 bits per heavy atom. The van der Waals surface area contributed by atoms with Crippen LogP contribution in [-0.2, 0) is 10.8 Å². The summed E-state index contributed by atoms with van der Waals surface area (Å²) in [4.78, 5) is 0. The van der Waals surface area contributed by atoms with Crippen LogP contribution in [0.5, 0.6) is 0 Å². The summed E-state index contributed by atoms with van der Waals surface area (Å²) in [5, 5.41) is 0. The van der Waals surface area contributed by atoms with Crippen LogP contribution in [0.15, 0.2) is 24.2 Å². The molecule has 2 rings (SSSR count). The lowest BCUT2D eigenvalue weighted by Crippen LogP contribution is -2.42. The first kappa shape index (κ1) is 2.25. The topological polar surface area (TPSA) is 0 Å². The fourth-order valence-electron chi connectivity index (χ4n) is 1.75. The molecule has 0 aromatic heterocycles. The maximum Gasteiger partial charge on any atom is 0.0626 e. The molecule has 15 heavy (non-hydrogen) atoms. The Kier molecular flexibility index (Phi) is 0.400. The highest BCUT2D eigenvalue weighted by atomic mass is 14.6. The van der Waals surface area contributed by atoms with Crippen molar-refractivity contribution in [3.05, 3.63) is 35.3 Å². The zero-order valence-corrected chi connectivity index (χ0v) is 8.08. The molecule has 1 aromatic carbocycles. The van der Waals surface area contributed by atoms with Crippen LogP contribution in [0.2, 0.25) is 0 Å². The van der Waals surface area contributed by atoms with E-state index in [1.165, 1.54) is 0 Å². The van der Waals surface area contributed by atoms with Crippen molar-refractivity contribution in [3.8, 4) is 0 Å². The number of fused-ring (bicyclic) bond motifs is 1. The summed E-state index contributed by atoms with van der Waals surface area (Å²) in [6, 6.07) is -4.44. The van der Waals surface area contributed by atoms with Gasteiger partial charge in [0.2, 0.25) is 0 Å². The maximum absolute atomic E-state index is 8.35. The van der Waals surface area contributed by atoms with Gasteiger partial charge in [0.05, 0.1) is 5.48 Å². The first-order valence-corrected chi connectivity index (χ1v) is 4.29. The van der Waals surface area contributed by atoms with Crippen LogP contribution in [0, 0.1) is 5.41 Å². The van der Waals surface area contributed by atoms with Crippen LogP contribution >= 0.6 is 0 Å². The predicted molar refractivity (Wildman–Crippen MR) is 66.3 cm³/mol. The van der Waals surface area contributed by atoms with Crippen LogP contribution in [-0.4, -0.2) is 0 Å². The van der Waals surface area contributed by atoms with E-state index in [1.807, 2.05) is 0 Å². The number of hydrogen-bond donors (Lipinski definition) is 0. The van der Waals surface area contributed by atoms with E-state index in [0.717, 1.165) is 6.92 Å². The van der Waals surface area contributed by atoms with Gasteiger partial charge in [0.15, 0.2) is 0 Å². The molecular formula is C15H22. The molecule has 1 atom stereocenters. The predicted octanol–water partition coefficient (Wildman–Crippen LogP) is 4.28. The van der Waals surface area contributed by atoms with Gasteiger partial charge in [-0.15, -0.1) is 0 Å². The second-order valence-electron chi connectivity index (χ2n) is 3.95. The average molecular weight is 220 g/mol. The van der Waals surface area contributed by atoms with Crippen molar-refractivity contribution in [2.45, 2.75) is 52.0 Å². The zero-order chi connectivity index (χ0) is 26.5. The van der Waals surface area contributed by atoms with Crippen LogP contribution in [0.1, 0.15) is 77.0 Å². The van der Waals surface area contributed by atoms with E-state index in [0.29, 0.717) is 0 Å². The summed E-state index contributed by atoms with van der Waals surface area (Å²) >= 11 is 0. The third kappa shape index (κ3) is 1.03. The van der Waals surface area contributed by atoms with Crippen molar-refractivity contribution in [2.24, 2.45) is 5.41 Å². The molecule has 0 aliphatic heterocycles. The first-order valence-electron chi connectivity index (χ1n) is 13.4. The molecular weight excluding hydrogens is 180 g/mol. The van der Waals surface area contributed by atoms with Gasteiger partial charge in [0.25, 0.3) is 0 Å². The van der Waals surface area contributed by atoms with E-state index >= 15 is 0 Å². The van der Waals surface area contributed by atoms with E-state index in [-0.39, 0.29) is 0 Å². The van der Waals surface area contributed by atoms with Gasteiger partial charge < -0.3 is 0 Å². The van der Waals surface area contributed by atoms with Crippen molar-refractivity contribution >= 4 is 0 Å². The fraction of sp³-hybridized carbons (Fsp3) is 0.600. The Morgan fingerprint density at radius 2 is 1.60 bits per heavy atom. The van der Waals surface area contributed by atoms with Crippen molar-refractivity contribution in [1.82, 2.24) is 0 Å². The second-order valence-corrected chi connectivity index (χ2v) is 3.95. The summed E-state index contributed by atoms with van der Waals surface area (Å²) in [5.41, 5.74) is -13.0. The van der Waals surface area contributed by atoms with E-state index in [4.69, 9.17) is 24.7 Å². The Bertz CT molecular complexity index is 930. The zero-order valence-electron chi connectivity index (χ0n) is 26.1. The molecule has 0 heterocycles. The SMILES string of the molecule is [2H]c1c([2H])c([2H])c2c(c1[2H])C(C)(C([2H])[2H])C(C([2H])([2H])[2H])(C([2H])([2H])[2H])C2(C([2H])([2H])[2H])C([2H])([2H])[2H]. The molecule has 0 radical (unpaired) electrons. The number of rotatable bonds is 0. The molecule has 0 amide bonds. The normalized spacial score (nSPS) is 52.4. The van der Waals surface area contributed by atoms with E-state index in [9.17, 15) is 0 Å². The highest BCUT2D eigenvalue weighted by Crippen LogP contribution is 2.61. The highest BCUT2D eigenvalue weighted by molar-refractivity contribution is 5.48. The fourth-order valence-corrected chi connectivity index (χ4v) is 1.75. The molecule has 1 aliphatic carbocycles. The van der Waals surface area contributed by atoms with Gasteiger partial charge in [-0.05, 0) is 27.4 Å². The Labute approximate surface area is 119 Å². The summed E-state index contributed by atoms with van der Waals surface area (Å²) < 4.78 is 147. The number of hydrogen-bond acceptors (Lipinski definition) is 0. The molecule has 1 aliphatic rings. The lowest BCUT2D eigenvalue weighted by Gasteiger charge is -2.44. The molecule has 0 nitrogen and oxygen atoms in total. The van der Waals surface area contributed by atoms with Crippen LogP contribution < -0.4 is 0 Å². The van der Waals surface area contributed by atoms with Gasteiger partial charge >= 0.3 is 0 Å². The van der Waals surface area contributed by atoms with E-state index in [2.05, 4.69) is 0 Å². The molecule has 0 N–H and O–H groups in total. The van der Waals surface area contributed by atoms with Gasteiger partial charge in [-0.25, -0.2) is 0 Å². The molecule has 0 fully saturated rings. The minimum atomic E-state index is -3.99. The molecule has 0 saturated carbocycles. The molecule has 0 saturated heterocycles. The van der Waals surface area contributed by atoms with E-state index < -0.39 is 85.8 Å². The van der Waals surface area contributed by atoms with Crippen LogP contribution in [0.25, 0.3) is 0 Å². The van der Waals surface area contributed by atoms with Gasteiger partial charge in [0, 0.05) is 19.2 Å². The summed E-state index contributed by atoms with van der Waals surface area (Å²) in [7, 11) is 0. The average Bonchev–Trinajstić information content (AvgIpc) is 2.82. The van der Waals surface area contributed by atoms with Crippen molar-refractivity contribution in [1.29, 1.82) is 0 Å². The lowest BCUT2D eigenvalue weighted by molar-refractivity contribution is 0.125. The Morgan fingerprint density at radius 1 is 1.00 bits per heavy atom. The summed E-state index contributed by atoms with van der Waals surface area (Å²) in [6.07, 6.45) is 0. The molecule has 0 bridgehead atoms. The molecule has 82 valence electrons.